The molecule has 1 amide bonds. The van der Waals surface area contributed by atoms with Crippen LogP contribution in [0.2, 0.25) is 0 Å². The summed E-state index contributed by atoms with van der Waals surface area (Å²) in [6.45, 7) is 2.05. The summed E-state index contributed by atoms with van der Waals surface area (Å²) in [5.41, 5.74) is 7.12. The number of carbonyl (C=O) groups is 1. The lowest BCUT2D eigenvalue weighted by Crippen LogP contribution is -2.36. The van der Waals surface area contributed by atoms with Crippen molar-refractivity contribution in [3.63, 3.8) is 0 Å². The van der Waals surface area contributed by atoms with Gasteiger partial charge in [0.25, 0.3) is 11.5 Å². The maximum absolute atomic E-state index is 12.4. The predicted octanol–water partition coefficient (Wildman–Crippen LogP) is 0.761. The second kappa shape index (κ2) is 5.75. The maximum atomic E-state index is 12.4. The molecule has 1 aliphatic rings. The number of aryl methyl sites for hydroxylation is 1. The second-order valence-electron chi connectivity index (χ2n) is 5.76. The Morgan fingerprint density at radius 2 is 2.09 bits per heavy atom. The van der Waals surface area contributed by atoms with Gasteiger partial charge in [-0.3, -0.25) is 14.6 Å². The highest BCUT2D eigenvalue weighted by molar-refractivity contribution is 5.97. The van der Waals surface area contributed by atoms with E-state index in [0.717, 1.165) is 24.8 Å². The Balaban J connectivity index is 1.93. The van der Waals surface area contributed by atoms with Crippen molar-refractivity contribution in [1.82, 2.24) is 15.3 Å². The van der Waals surface area contributed by atoms with Crippen molar-refractivity contribution in [1.29, 1.82) is 0 Å². The van der Waals surface area contributed by atoms with Gasteiger partial charge < -0.3 is 16.0 Å². The first-order valence-corrected chi connectivity index (χ1v) is 7.48. The van der Waals surface area contributed by atoms with Crippen molar-refractivity contribution in [3.8, 4) is 0 Å². The van der Waals surface area contributed by atoms with E-state index in [0.29, 0.717) is 0 Å². The minimum absolute atomic E-state index is 0.159. The Kier molecular flexibility index (Phi) is 3.77. The molecule has 0 unspecified atom stereocenters. The van der Waals surface area contributed by atoms with Gasteiger partial charge in [0.2, 0.25) is 0 Å². The molecule has 1 aromatic carbocycles. The summed E-state index contributed by atoms with van der Waals surface area (Å²) < 4.78 is 0. The van der Waals surface area contributed by atoms with E-state index in [1.165, 1.54) is 11.1 Å². The Hall–Kier alpha value is -2.83. The third-order valence-corrected chi connectivity index (χ3v) is 4.25. The summed E-state index contributed by atoms with van der Waals surface area (Å²) in [6.07, 6.45) is 2.75. The number of aromatic amines is 2. The van der Waals surface area contributed by atoms with Gasteiger partial charge in [-0.25, -0.2) is 4.79 Å². The SMILES string of the molecule is Cc1cccc2c1CCC[C@H]2NC(=O)c1[nH]c(=O)[nH]c(=O)c1N. The number of nitrogens with two attached hydrogens (primary N) is 1. The van der Waals surface area contributed by atoms with Crippen LogP contribution in [-0.2, 0) is 6.42 Å². The van der Waals surface area contributed by atoms with Crippen LogP contribution in [0.1, 0.15) is 46.1 Å². The fraction of sp³-hybridized carbons (Fsp3) is 0.312. The summed E-state index contributed by atoms with van der Waals surface area (Å²) >= 11 is 0. The number of fused-ring (bicyclic) bond motifs is 1. The first-order valence-electron chi connectivity index (χ1n) is 7.48. The molecule has 0 bridgehead atoms. The van der Waals surface area contributed by atoms with Gasteiger partial charge in [-0.05, 0) is 42.9 Å². The van der Waals surface area contributed by atoms with Crippen molar-refractivity contribution >= 4 is 11.6 Å². The molecule has 2 aromatic rings. The number of carbonyl (C=O) groups excluding carboxylic acids is 1. The molecular formula is C16H18N4O3. The molecular weight excluding hydrogens is 296 g/mol. The van der Waals surface area contributed by atoms with Gasteiger partial charge in [0.1, 0.15) is 11.4 Å². The van der Waals surface area contributed by atoms with Crippen LogP contribution < -0.4 is 22.3 Å². The predicted molar refractivity (Wildman–Crippen MR) is 86.4 cm³/mol. The number of H-pyrrole nitrogens is 2. The minimum Gasteiger partial charge on any atom is -0.392 e. The molecule has 120 valence electrons. The van der Waals surface area contributed by atoms with Crippen LogP contribution >= 0.6 is 0 Å². The molecule has 1 heterocycles. The van der Waals surface area contributed by atoms with Crippen molar-refractivity contribution in [2.24, 2.45) is 0 Å². The summed E-state index contributed by atoms with van der Waals surface area (Å²) in [4.78, 5) is 39.6. The number of benzene rings is 1. The molecule has 0 aliphatic heterocycles. The van der Waals surface area contributed by atoms with Crippen molar-refractivity contribution in [2.75, 3.05) is 5.73 Å². The van der Waals surface area contributed by atoms with Crippen molar-refractivity contribution in [3.05, 3.63) is 61.4 Å². The van der Waals surface area contributed by atoms with Crippen LogP contribution in [0.15, 0.2) is 27.8 Å². The smallest absolute Gasteiger partial charge is 0.326 e. The highest BCUT2D eigenvalue weighted by Crippen LogP contribution is 2.31. The molecule has 7 heteroatoms. The molecule has 1 atom stereocenters. The van der Waals surface area contributed by atoms with Crippen LogP contribution in [0.25, 0.3) is 0 Å². The van der Waals surface area contributed by atoms with Crippen molar-refractivity contribution < 1.29 is 4.79 Å². The summed E-state index contributed by atoms with van der Waals surface area (Å²) in [7, 11) is 0. The van der Waals surface area contributed by atoms with E-state index in [2.05, 4.69) is 23.3 Å². The zero-order valence-corrected chi connectivity index (χ0v) is 12.7. The number of aromatic nitrogens is 2. The molecule has 0 fully saturated rings. The Bertz CT molecular complexity index is 882. The van der Waals surface area contributed by atoms with Crippen LogP contribution in [0.3, 0.4) is 0 Å². The number of rotatable bonds is 2. The van der Waals surface area contributed by atoms with Gasteiger partial charge in [0.05, 0.1) is 6.04 Å². The normalized spacial score (nSPS) is 16.7. The summed E-state index contributed by atoms with van der Waals surface area (Å²) in [5.74, 6) is -0.551. The largest absolute Gasteiger partial charge is 0.392 e. The standard InChI is InChI=1S/C16H18N4O3/c1-8-4-2-6-10-9(8)5-3-7-11(10)18-15(22)13-12(17)14(21)20-16(23)19-13/h2,4,6,11H,3,5,7,17H2,1H3,(H,18,22)(H2,19,20,21,23)/t11-/m1/s1. The molecule has 0 radical (unpaired) electrons. The van der Waals surface area contributed by atoms with Crippen molar-refractivity contribution in [2.45, 2.75) is 32.2 Å². The van der Waals surface area contributed by atoms with E-state index in [4.69, 9.17) is 5.73 Å². The molecule has 1 aliphatic carbocycles. The number of amides is 1. The molecule has 0 saturated heterocycles. The van der Waals surface area contributed by atoms with Gasteiger partial charge in [-0.1, -0.05) is 18.2 Å². The Morgan fingerprint density at radius 3 is 2.87 bits per heavy atom. The molecule has 7 nitrogen and oxygen atoms in total. The zero-order chi connectivity index (χ0) is 16.6. The number of hydrogen-bond acceptors (Lipinski definition) is 4. The van der Waals surface area contributed by atoms with E-state index in [1.54, 1.807) is 0 Å². The van der Waals surface area contributed by atoms with Crippen LogP contribution in [-0.4, -0.2) is 15.9 Å². The monoisotopic (exact) mass is 314 g/mol. The summed E-state index contributed by atoms with van der Waals surface area (Å²) in [6, 6.07) is 5.85. The zero-order valence-electron chi connectivity index (χ0n) is 12.7. The molecule has 0 spiro atoms. The van der Waals surface area contributed by atoms with E-state index >= 15 is 0 Å². The highest BCUT2D eigenvalue weighted by atomic mass is 16.2. The van der Waals surface area contributed by atoms with Gasteiger partial charge >= 0.3 is 5.69 Å². The first-order chi connectivity index (χ1) is 11.0. The maximum Gasteiger partial charge on any atom is 0.326 e. The number of anilines is 1. The fourth-order valence-corrected chi connectivity index (χ4v) is 3.09. The molecule has 23 heavy (non-hydrogen) atoms. The lowest BCUT2D eigenvalue weighted by molar-refractivity contribution is 0.0928. The molecule has 5 N–H and O–H groups in total. The molecule has 1 aromatic heterocycles. The minimum atomic E-state index is -0.765. The number of nitrogen functional groups attached to an aromatic ring is 1. The topological polar surface area (TPSA) is 121 Å². The molecule has 0 saturated carbocycles. The lowest BCUT2D eigenvalue weighted by Gasteiger charge is -2.27. The molecule has 3 rings (SSSR count). The van der Waals surface area contributed by atoms with Gasteiger partial charge in [0.15, 0.2) is 0 Å². The average molecular weight is 314 g/mol. The first kappa shape index (κ1) is 15.1. The second-order valence-corrected chi connectivity index (χ2v) is 5.76. The van der Waals surface area contributed by atoms with E-state index < -0.39 is 17.2 Å². The van der Waals surface area contributed by atoms with E-state index in [1.807, 2.05) is 17.1 Å². The fourth-order valence-electron chi connectivity index (χ4n) is 3.09. The summed E-state index contributed by atoms with van der Waals surface area (Å²) in [5, 5.41) is 2.87. The number of nitrogens with one attached hydrogen (secondary N) is 3. The van der Waals surface area contributed by atoms with Gasteiger partial charge in [0, 0.05) is 0 Å². The third kappa shape index (κ3) is 2.77. The lowest BCUT2D eigenvalue weighted by atomic mass is 9.85. The van der Waals surface area contributed by atoms with Gasteiger partial charge in [-0.15, -0.1) is 0 Å². The Labute approximate surface area is 131 Å². The Morgan fingerprint density at radius 1 is 1.30 bits per heavy atom. The number of hydrogen-bond donors (Lipinski definition) is 4. The van der Waals surface area contributed by atoms with Gasteiger partial charge in [-0.2, -0.15) is 0 Å². The van der Waals surface area contributed by atoms with E-state index in [-0.39, 0.29) is 17.4 Å². The quantitative estimate of drug-likeness (QED) is 0.654. The van der Waals surface area contributed by atoms with E-state index in [9.17, 15) is 14.4 Å². The van der Waals surface area contributed by atoms with Crippen LogP contribution in [0.4, 0.5) is 5.69 Å². The highest BCUT2D eigenvalue weighted by Gasteiger charge is 2.24. The van der Waals surface area contributed by atoms with Crippen LogP contribution in [0.5, 0.6) is 0 Å². The third-order valence-electron chi connectivity index (χ3n) is 4.25. The van der Waals surface area contributed by atoms with Crippen LogP contribution in [0, 0.1) is 6.92 Å². The average Bonchev–Trinajstić information content (AvgIpc) is 2.52.